The van der Waals surface area contributed by atoms with Crippen molar-refractivity contribution in [3.8, 4) is 0 Å². The van der Waals surface area contributed by atoms with Gasteiger partial charge < -0.3 is 5.73 Å². The molecule has 1 amide bonds. The van der Waals surface area contributed by atoms with Gasteiger partial charge in [-0.1, -0.05) is 0 Å². The average molecular weight is 192 g/mol. The van der Waals surface area contributed by atoms with Gasteiger partial charge in [0.25, 0.3) is 5.91 Å². The molecule has 2 rings (SSSR count). The van der Waals surface area contributed by atoms with Crippen LogP contribution in [0.2, 0.25) is 0 Å². The molecule has 1 saturated heterocycles. The topological polar surface area (TPSA) is 55.6 Å². The van der Waals surface area contributed by atoms with E-state index in [1.807, 2.05) is 0 Å². The zero-order valence-electron chi connectivity index (χ0n) is 7.77. The van der Waals surface area contributed by atoms with Gasteiger partial charge in [-0.15, -0.1) is 0 Å². The maximum absolute atomic E-state index is 11.4. The summed E-state index contributed by atoms with van der Waals surface area (Å²) in [4.78, 5) is 16.7. The molecule has 1 aromatic carbocycles. The third-order valence-electron chi connectivity index (χ3n) is 2.11. The van der Waals surface area contributed by atoms with Gasteiger partial charge in [-0.05, 0) is 30.7 Å². The first-order chi connectivity index (χ1) is 6.77. The zero-order valence-corrected chi connectivity index (χ0v) is 7.77. The lowest BCUT2D eigenvalue weighted by molar-refractivity contribution is -0.129. The third kappa shape index (κ3) is 1.70. The number of hydroxylamine groups is 1. The zero-order chi connectivity index (χ0) is 9.97. The molecule has 4 nitrogen and oxygen atoms in total. The van der Waals surface area contributed by atoms with Crippen molar-refractivity contribution < 1.29 is 9.63 Å². The van der Waals surface area contributed by atoms with E-state index in [1.54, 1.807) is 24.3 Å². The van der Waals surface area contributed by atoms with E-state index in [2.05, 4.69) is 0 Å². The monoisotopic (exact) mass is 192 g/mol. The summed E-state index contributed by atoms with van der Waals surface area (Å²) >= 11 is 0. The second-order valence-corrected chi connectivity index (χ2v) is 3.22. The first-order valence-corrected chi connectivity index (χ1v) is 4.59. The van der Waals surface area contributed by atoms with E-state index in [9.17, 15) is 4.79 Å². The first kappa shape index (κ1) is 9.02. The highest BCUT2D eigenvalue weighted by Gasteiger charge is 2.20. The standard InChI is InChI=1S/C10H12N2O2/c11-8-3-5-9(6-4-8)12-10(13)2-1-7-14-12/h3-6H,1-2,7,11H2. The van der Waals surface area contributed by atoms with Crippen molar-refractivity contribution in [2.45, 2.75) is 12.8 Å². The van der Waals surface area contributed by atoms with E-state index in [1.165, 1.54) is 5.06 Å². The average Bonchev–Trinajstić information content (AvgIpc) is 2.20. The lowest BCUT2D eigenvalue weighted by Gasteiger charge is -2.25. The van der Waals surface area contributed by atoms with E-state index in [0.29, 0.717) is 18.7 Å². The Labute approximate surface area is 82.2 Å². The molecule has 0 atom stereocenters. The number of nitrogens with two attached hydrogens (primary N) is 1. The summed E-state index contributed by atoms with van der Waals surface area (Å²) in [6.45, 7) is 0.593. The predicted octanol–water partition coefficient (Wildman–Crippen LogP) is 1.33. The molecule has 2 N–H and O–H groups in total. The Morgan fingerprint density at radius 3 is 2.64 bits per heavy atom. The maximum atomic E-state index is 11.4. The largest absolute Gasteiger partial charge is 0.399 e. The van der Waals surface area contributed by atoms with Crippen molar-refractivity contribution in [2.24, 2.45) is 0 Å². The second-order valence-electron chi connectivity index (χ2n) is 3.22. The molecule has 1 aromatic rings. The summed E-state index contributed by atoms with van der Waals surface area (Å²) in [7, 11) is 0. The van der Waals surface area contributed by atoms with E-state index >= 15 is 0 Å². The first-order valence-electron chi connectivity index (χ1n) is 4.59. The van der Waals surface area contributed by atoms with Gasteiger partial charge in [-0.25, -0.2) is 0 Å². The minimum absolute atomic E-state index is 0.000946. The number of carbonyl (C=O) groups is 1. The van der Waals surface area contributed by atoms with E-state index in [0.717, 1.165) is 12.1 Å². The van der Waals surface area contributed by atoms with Gasteiger partial charge in [0.15, 0.2) is 0 Å². The number of anilines is 2. The molecule has 0 saturated carbocycles. The Morgan fingerprint density at radius 2 is 2.00 bits per heavy atom. The predicted molar refractivity (Wildman–Crippen MR) is 53.5 cm³/mol. The lowest BCUT2D eigenvalue weighted by Crippen LogP contribution is -2.35. The molecular weight excluding hydrogens is 180 g/mol. The van der Waals surface area contributed by atoms with Crippen LogP contribution in [-0.2, 0) is 9.63 Å². The van der Waals surface area contributed by atoms with Crippen LogP contribution in [0.3, 0.4) is 0 Å². The number of hydrogen-bond acceptors (Lipinski definition) is 3. The molecule has 1 heterocycles. The minimum Gasteiger partial charge on any atom is -0.399 e. The molecule has 4 heteroatoms. The molecule has 0 radical (unpaired) electrons. The van der Waals surface area contributed by atoms with Gasteiger partial charge in [0, 0.05) is 12.1 Å². The molecule has 1 aliphatic rings. The SMILES string of the molecule is Nc1ccc(N2OCCCC2=O)cc1. The number of rotatable bonds is 1. The Morgan fingerprint density at radius 1 is 1.29 bits per heavy atom. The Kier molecular flexibility index (Phi) is 2.37. The Bertz CT molecular complexity index is 334. The highest BCUT2D eigenvalue weighted by atomic mass is 16.7. The normalized spacial score (nSPS) is 17.1. The third-order valence-corrected chi connectivity index (χ3v) is 2.11. The highest BCUT2D eigenvalue weighted by molar-refractivity contribution is 5.91. The summed E-state index contributed by atoms with van der Waals surface area (Å²) in [5, 5.41) is 1.34. The summed E-state index contributed by atoms with van der Waals surface area (Å²) < 4.78 is 0. The van der Waals surface area contributed by atoms with Crippen LogP contribution in [0.25, 0.3) is 0 Å². The van der Waals surface area contributed by atoms with Crippen molar-refractivity contribution in [1.82, 2.24) is 0 Å². The van der Waals surface area contributed by atoms with Crippen LogP contribution < -0.4 is 10.8 Å². The molecule has 0 bridgehead atoms. The fraction of sp³-hybridized carbons (Fsp3) is 0.300. The van der Waals surface area contributed by atoms with Crippen molar-refractivity contribution >= 4 is 17.3 Å². The summed E-state index contributed by atoms with van der Waals surface area (Å²) in [5.74, 6) is 0.000946. The molecule has 0 aromatic heterocycles. The minimum atomic E-state index is 0.000946. The van der Waals surface area contributed by atoms with Gasteiger partial charge in [0.05, 0.1) is 12.3 Å². The van der Waals surface area contributed by atoms with Gasteiger partial charge in [0.1, 0.15) is 0 Å². The van der Waals surface area contributed by atoms with E-state index < -0.39 is 0 Å². The Hall–Kier alpha value is -1.55. The van der Waals surface area contributed by atoms with Crippen molar-refractivity contribution in [3.05, 3.63) is 24.3 Å². The van der Waals surface area contributed by atoms with E-state index in [-0.39, 0.29) is 5.91 Å². The molecule has 14 heavy (non-hydrogen) atoms. The van der Waals surface area contributed by atoms with Crippen LogP contribution in [0.1, 0.15) is 12.8 Å². The summed E-state index contributed by atoms with van der Waals surface area (Å²) in [5.41, 5.74) is 6.97. The van der Waals surface area contributed by atoms with Crippen LogP contribution in [0.5, 0.6) is 0 Å². The molecule has 1 aliphatic heterocycles. The van der Waals surface area contributed by atoms with Crippen molar-refractivity contribution in [1.29, 1.82) is 0 Å². The number of benzene rings is 1. The van der Waals surface area contributed by atoms with Crippen LogP contribution in [0.4, 0.5) is 11.4 Å². The molecule has 74 valence electrons. The second kappa shape index (κ2) is 3.67. The van der Waals surface area contributed by atoms with Gasteiger partial charge in [0.2, 0.25) is 0 Å². The molecule has 0 unspecified atom stereocenters. The fourth-order valence-electron chi connectivity index (χ4n) is 1.38. The van der Waals surface area contributed by atoms with Crippen molar-refractivity contribution in [2.75, 3.05) is 17.4 Å². The fourth-order valence-corrected chi connectivity index (χ4v) is 1.38. The van der Waals surface area contributed by atoms with Crippen LogP contribution in [0.15, 0.2) is 24.3 Å². The van der Waals surface area contributed by atoms with Gasteiger partial charge in [-0.2, -0.15) is 5.06 Å². The Balaban J connectivity index is 2.20. The highest BCUT2D eigenvalue weighted by Crippen LogP contribution is 2.20. The number of carbonyl (C=O) groups excluding carboxylic acids is 1. The maximum Gasteiger partial charge on any atom is 0.250 e. The van der Waals surface area contributed by atoms with Gasteiger partial charge in [-0.3, -0.25) is 9.63 Å². The quantitative estimate of drug-likeness (QED) is 0.683. The molecular formula is C10H12N2O2. The summed E-state index contributed by atoms with van der Waals surface area (Å²) in [6.07, 6.45) is 1.34. The number of amides is 1. The lowest BCUT2D eigenvalue weighted by atomic mass is 10.2. The summed E-state index contributed by atoms with van der Waals surface area (Å²) in [6, 6.07) is 7.05. The van der Waals surface area contributed by atoms with E-state index in [4.69, 9.17) is 10.6 Å². The number of hydrogen-bond donors (Lipinski definition) is 1. The van der Waals surface area contributed by atoms with Crippen LogP contribution >= 0.6 is 0 Å². The molecule has 1 fully saturated rings. The smallest absolute Gasteiger partial charge is 0.250 e. The molecule has 0 spiro atoms. The number of nitrogen functional groups attached to an aromatic ring is 1. The van der Waals surface area contributed by atoms with Gasteiger partial charge >= 0.3 is 0 Å². The van der Waals surface area contributed by atoms with Crippen LogP contribution in [0, 0.1) is 0 Å². The van der Waals surface area contributed by atoms with Crippen LogP contribution in [-0.4, -0.2) is 12.5 Å². The van der Waals surface area contributed by atoms with Crippen molar-refractivity contribution in [3.63, 3.8) is 0 Å². The number of nitrogens with zero attached hydrogens (tertiary/aromatic N) is 1. The molecule has 0 aliphatic carbocycles.